The maximum absolute atomic E-state index is 15.2. The minimum Gasteiger partial charge on any atom is -0.456 e. The molecule has 0 amide bonds. The number of halogens is 1. The molecule has 11 aromatic rings. The Bertz CT molecular complexity index is 3270. The first kappa shape index (κ1) is 33.6. The lowest BCUT2D eigenvalue weighted by molar-refractivity contribution is 0.640. The number of para-hydroxylation sites is 2. The van der Waals surface area contributed by atoms with Crippen molar-refractivity contribution >= 4 is 60.8 Å². The minimum absolute atomic E-state index is 0.211. The van der Waals surface area contributed by atoms with E-state index in [4.69, 9.17) is 4.42 Å². The Hall–Kier alpha value is -7.69. The van der Waals surface area contributed by atoms with Gasteiger partial charge in [0.1, 0.15) is 17.0 Å². The number of hydrogen-bond acceptors (Lipinski definition) is 2. The van der Waals surface area contributed by atoms with Crippen molar-refractivity contribution in [2.75, 3.05) is 4.90 Å². The SMILES string of the molecule is Fc1cccc2c1c1ccccc1n2-c1cccc(-c2ccc(N(c3ccc(-c4ccccc4)cc3)c3ccc(-c4cccc5oc6ccccc6c45)cc3)cc2)c1. The second kappa shape index (κ2) is 13.8. The molecule has 11 rings (SSSR count). The van der Waals surface area contributed by atoms with Crippen molar-refractivity contribution in [3.05, 3.63) is 218 Å². The molecule has 0 fully saturated rings. The average Bonchev–Trinajstić information content (AvgIpc) is 3.84. The molecule has 0 saturated heterocycles. The molecule has 0 aliphatic rings. The summed E-state index contributed by atoms with van der Waals surface area (Å²) in [5.74, 6) is -0.211. The molecule has 3 nitrogen and oxygen atoms in total. The van der Waals surface area contributed by atoms with Gasteiger partial charge in [-0.25, -0.2) is 4.39 Å². The number of rotatable bonds is 7. The van der Waals surface area contributed by atoms with Gasteiger partial charge in [0, 0.05) is 44.3 Å². The topological polar surface area (TPSA) is 21.3 Å². The molecule has 2 aromatic heterocycles. The number of hydrogen-bond donors (Lipinski definition) is 0. The summed E-state index contributed by atoms with van der Waals surface area (Å²) in [5.41, 5.74) is 14.5. The van der Waals surface area contributed by atoms with Crippen LogP contribution in [0.25, 0.3) is 82.8 Å². The Morgan fingerprint density at radius 2 is 0.914 bits per heavy atom. The quantitative estimate of drug-likeness (QED) is 0.162. The second-order valence-electron chi connectivity index (χ2n) is 14.7. The highest BCUT2D eigenvalue weighted by Gasteiger charge is 2.18. The maximum Gasteiger partial charge on any atom is 0.136 e. The first-order valence-corrected chi connectivity index (χ1v) is 19.5. The standard InChI is InChI=1S/C54H35FN2O/c55-48-18-10-20-50-54(48)46-15-4-6-19-49(46)57(50)44-14-8-13-40(35-44)38-25-31-42(32-26-38)56(41-29-23-37(24-30-41)36-11-2-1-3-12-36)43-33-27-39(28-34-43)45-17-9-22-52-53(45)47-16-5-7-21-51(47)58-52/h1-35H. The third-order valence-electron chi connectivity index (χ3n) is 11.3. The summed E-state index contributed by atoms with van der Waals surface area (Å²) in [5, 5.41) is 3.79. The van der Waals surface area contributed by atoms with Crippen molar-refractivity contribution in [3.63, 3.8) is 0 Å². The third-order valence-corrected chi connectivity index (χ3v) is 11.3. The molecule has 58 heavy (non-hydrogen) atoms. The van der Waals surface area contributed by atoms with E-state index in [1.165, 1.54) is 17.2 Å². The van der Waals surface area contributed by atoms with Crippen LogP contribution in [0.4, 0.5) is 21.5 Å². The number of aromatic nitrogens is 1. The Balaban J connectivity index is 0.981. The molecule has 0 saturated carbocycles. The summed E-state index contributed by atoms with van der Waals surface area (Å²) >= 11 is 0. The summed E-state index contributed by atoms with van der Waals surface area (Å²) in [6.45, 7) is 0. The Kier molecular flexibility index (Phi) is 8.00. The van der Waals surface area contributed by atoms with Gasteiger partial charge in [0.05, 0.1) is 11.0 Å². The zero-order chi connectivity index (χ0) is 38.6. The number of fused-ring (bicyclic) bond motifs is 6. The zero-order valence-corrected chi connectivity index (χ0v) is 31.4. The van der Waals surface area contributed by atoms with Gasteiger partial charge in [-0.2, -0.15) is 0 Å². The van der Waals surface area contributed by atoms with Gasteiger partial charge in [-0.05, 0) is 112 Å². The van der Waals surface area contributed by atoms with E-state index in [-0.39, 0.29) is 5.82 Å². The fraction of sp³-hybridized carbons (Fsp3) is 0. The maximum atomic E-state index is 15.2. The molecule has 0 aliphatic heterocycles. The van der Waals surface area contributed by atoms with E-state index in [0.29, 0.717) is 5.39 Å². The van der Waals surface area contributed by atoms with Crippen LogP contribution in [0, 0.1) is 5.82 Å². The summed E-state index contributed by atoms with van der Waals surface area (Å²) < 4.78 is 23.6. The zero-order valence-electron chi connectivity index (χ0n) is 31.4. The van der Waals surface area contributed by atoms with Crippen LogP contribution in [0.2, 0.25) is 0 Å². The summed E-state index contributed by atoms with van der Waals surface area (Å²) in [7, 11) is 0. The Labute approximate surface area is 335 Å². The number of benzene rings is 9. The molecule has 9 aromatic carbocycles. The molecule has 0 unspecified atom stereocenters. The van der Waals surface area contributed by atoms with Crippen LogP contribution >= 0.6 is 0 Å². The minimum atomic E-state index is -0.211. The van der Waals surface area contributed by atoms with Gasteiger partial charge < -0.3 is 13.9 Å². The first-order chi connectivity index (χ1) is 28.7. The Morgan fingerprint density at radius 1 is 0.379 bits per heavy atom. The monoisotopic (exact) mass is 746 g/mol. The summed E-state index contributed by atoms with van der Waals surface area (Å²) in [6, 6.07) is 73.2. The fourth-order valence-corrected chi connectivity index (χ4v) is 8.57. The van der Waals surface area contributed by atoms with Crippen LogP contribution in [0.1, 0.15) is 0 Å². The van der Waals surface area contributed by atoms with Gasteiger partial charge in [0.2, 0.25) is 0 Å². The molecule has 0 bridgehead atoms. The van der Waals surface area contributed by atoms with Crippen LogP contribution in [0.3, 0.4) is 0 Å². The largest absolute Gasteiger partial charge is 0.456 e. The predicted molar refractivity (Wildman–Crippen MR) is 239 cm³/mol. The van der Waals surface area contributed by atoms with Gasteiger partial charge in [-0.3, -0.25) is 0 Å². The van der Waals surface area contributed by atoms with Gasteiger partial charge in [0.25, 0.3) is 0 Å². The van der Waals surface area contributed by atoms with Crippen molar-refractivity contribution in [1.29, 1.82) is 0 Å². The molecule has 0 radical (unpaired) electrons. The summed E-state index contributed by atoms with van der Waals surface area (Å²) in [4.78, 5) is 2.30. The lowest BCUT2D eigenvalue weighted by Crippen LogP contribution is -2.09. The molecule has 2 heterocycles. The van der Waals surface area contributed by atoms with E-state index >= 15 is 4.39 Å². The summed E-state index contributed by atoms with van der Waals surface area (Å²) in [6.07, 6.45) is 0. The van der Waals surface area contributed by atoms with Gasteiger partial charge >= 0.3 is 0 Å². The predicted octanol–water partition coefficient (Wildman–Crippen LogP) is 15.3. The smallest absolute Gasteiger partial charge is 0.136 e. The highest BCUT2D eigenvalue weighted by molar-refractivity contribution is 6.12. The number of anilines is 3. The average molecular weight is 747 g/mol. The molecule has 4 heteroatoms. The highest BCUT2D eigenvalue weighted by Crippen LogP contribution is 2.41. The normalized spacial score (nSPS) is 11.5. The molecule has 0 N–H and O–H groups in total. The Morgan fingerprint density at radius 3 is 1.66 bits per heavy atom. The van der Waals surface area contributed by atoms with E-state index in [2.05, 4.69) is 161 Å². The molecular formula is C54H35FN2O. The lowest BCUT2D eigenvalue weighted by atomic mass is 9.99. The molecule has 274 valence electrons. The van der Waals surface area contributed by atoms with Crippen molar-refractivity contribution in [3.8, 4) is 39.1 Å². The van der Waals surface area contributed by atoms with E-state index in [1.807, 2.05) is 48.5 Å². The van der Waals surface area contributed by atoms with E-state index < -0.39 is 0 Å². The van der Waals surface area contributed by atoms with Crippen LogP contribution in [0.5, 0.6) is 0 Å². The van der Waals surface area contributed by atoms with E-state index in [9.17, 15) is 0 Å². The van der Waals surface area contributed by atoms with Gasteiger partial charge in [-0.1, -0.05) is 133 Å². The number of furan rings is 1. The molecule has 0 spiro atoms. The number of nitrogens with zero attached hydrogens (tertiary/aromatic N) is 2. The highest BCUT2D eigenvalue weighted by atomic mass is 19.1. The molecule has 0 atom stereocenters. The van der Waals surface area contributed by atoms with Crippen molar-refractivity contribution < 1.29 is 8.81 Å². The van der Waals surface area contributed by atoms with Crippen molar-refractivity contribution in [1.82, 2.24) is 4.57 Å². The lowest BCUT2D eigenvalue weighted by Gasteiger charge is -2.26. The van der Waals surface area contributed by atoms with Crippen LogP contribution < -0.4 is 4.90 Å². The van der Waals surface area contributed by atoms with E-state index in [0.717, 1.165) is 83.4 Å². The van der Waals surface area contributed by atoms with Crippen LogP contribution in [-0.4, -0.2) is 4.57 Å². The van der Waals surface area contributed by atoms with Crippen molar-refractivity contribution in [2.24, 2.45) is 0 Å². The van der Waals surface area contributed by atoms with Crippen molar-refractivity contribution in [2.45, 2.75) is 0 Å². The van der Waals surface area contributed by atoms with Crippen LogP contribution in [-0.2, 0) is 0 Å². The second-order valence-corrected chi connectivity index (χ2v) is 14.7. The van der Waals surface area contributed by atoms with Gasteiger partial charge in [0.15, 0.2) is 0 Å². The van der Waals surface area contributed by atoms with Gasteiger partial charge in [-0.15, -0.1) is 0 Å². The first-order valence-electron chi connectivity index (χ1n) is 19.5. The molecular weight excluding hydrogens is 712 g/mol. The van der Waals surface area contributed by atoms with E-state index in [1.54, 1.807) is 6.07 Å². The molecule has 0 aliphatic carbocycles. The van der Waals surface area contributed by atoms with Crippen LogP contribution in [0.15, 0.2) is 217 Å². The fourth-order valence-electron chi connectivity index (χ4n) is 8.57. The third kappa shape index (κ3) is 5.65.